The molecule has 1 aromatic carbocycles. The number of aromatic nitrogens is 7. The second kappa shape index (κ2) is 7.20. The summed E-state index contributed by atoms with van der Waals surface area (Å²) in [6.07, 6.45) is -0.452. The Hall–Kier alpha value is -4.66. The number of anilines is 2. The first-order valence-corrected chi connectivity index (χ1v) is 10.2. The van der Waals surface area contributed by atoms with Crippen molar-refractivity contribution in [3.05, 3.63) is 52.4 Å². The fraction of sp³-hybridized carbons (Fsp3) is 0.238. The molecule has 0 saturated carbocycles. The average molecular weight is 443 g/mol. The molecule has 166 valence electrons. The molecule has 0 fully saturated rings. The topological polar surface area (TPSA) is 175 Å². The van der Waals surface area contributed by atoms with E-state index in [1.54, 1.807) is 22.5 Å². The van der Waals surface area contributed by atoms with Crippen LogP contribution in [0, 0.1) is 23.7 Å². The van der Waals surface area contributed by atoms with Crippen LogP contribution in [-0.2, 0) is 13.6 Å². The van der Waals surface area contributed by atoms with E-state index in [0.29, 0.717) is 34.1 Å². The summed E-state index contributed by atoms with van der Waals surface area (Å²) in [5, 5.41) is 31.0. The molecule has 2 bridgehead atoms. The van der Waals surface area contributed by atoms with Crippen LogP contribution in [0.1, 0.15) is 35.5 Å². The number of nitriles is 1. The van der Waals surface area contributed by atoms with Crippen molar-refractivity contribution in [1.82, 2.24) is 34.3 Å². The van der Waals surface area contributed by atoms with Gasteiger partial charge in [-0.05, 0) is 19.9 Å². The number of rotatable bonds is 0. The zero-order valence-corrected chi connectivity index (χ0v) is 18.2. The van der Waals surface area contributed by atoms with E-state index in [1.807, 2.05) is 32.0 Å². The molecule has 0 aliphatic carbocycles. The van der Waals surface area contributed by atoms with E-state index in [2.05, 4.69) is 26.3 Å². The fourth-order valence-electron chi connectivity index (χ4n) is 4.11. The van der Waals surface area contributed by atoms with Crippen molar-refractivity contribution in [3.8, 4) is 28.8 Å². The lowest BCUT2D eigenvalue weighted by molar-refractivity contribution is 0.226. The number of hydrogen-bond donors (Lipinski definition) is 3. The minimum absolute atomic E-state index is 0.0520. The molecule has 1 aliphatic rings. The van der Waals surface area contributed by atoms with Crippen molar-refractivity contribution in [1.29, 1.82) is 10.7 Å². The monoisotopic (exact) mass is 443 g/mol. The molecule has 5 rings (SSSR count). The van der Waals surface area contributed by atoms with Crippen molar-refractivity contribution >= 4 is 11.8 Å². The number of nitrogen functional groups attached to an aromatic ring is 2. The number of nitrogens with zero attached hydrogens (tertiary/aromatic N) is 8. The number of nitrogens with two attached hydrogens (primary N) is 2. The van der Waals surface area contributed by atoms with Crippen LogP contribution < -0.4 is 21.8 Å². The second-order valence-corrected chi connectivity index (χ2v) is 7.87. The maximum atomic E-state index is 9.79. The number of benzene rings is 1. The second-order valence-electron chi connectivity index (χ2n) is 7.87. The van der Waals surface area contributed by atoms with Crippen LogP contribution in [0.3, 0.4) is 0 Å². The lowest BCUT2D eigenvalue weighted by Crippen LogP contribution is -2.26. The molecule has 1 aliphatic heterocycles. The molecule has 0 spiro atoms. The van der Waals surface area contributed by atoms with Gasteiger partial charge in [0.2, 0.25) is 11.6 Å². The van der Waals surface area contributed by atoms with E-state index >= 15 is 0 Å². The number of hydrogen-bond acceptors (Lipinski definition) is 9. The molecular weight excluding hydrogens is 422 g/mol. The predicted molar refractivity (Wildman–Crippen MR) is 118 cm³/mol. The quantitative estimate of drug-likeness (QED) is 0.363. The van der Waals surface area contributed by atoms with Gasteiger partial charge >= 0.3 is 0 Å². The molecule has 0 radical (unpaired) electrons. The van der Waals surface area contributed by atoms with E-state index in [4.69, 9.17) is 21.6 Å². The maximum Gasteiger partial charge on any atom is 0.241 e. The summed E-state index contributed by atoms with van der Waals surface area (Å²) in [7, 11) is 1.67. The van der Waals surface area contributed by atoms with Crippen LogP contribution in [0.15, 0.2) is 24.3 Å². The van der Waals surface area contributed by atoms with Crippen LogP contribution >= 0.6 is 0 Å². The lowest BCUT2D eigenvalue weighted by atomic mass is 10.0. The SMILES string of the molecule is Cc1ccc2c(c1)[C@@H](C)Oc1cc(nnc1N)-c1c(nn(C)c1C#N)Cn1c(=N)nc(N)n1-2. The summed E-state index contributed by atoms with van der Waals surface area (Å²) < 4.78 is 11.0. The van der Waals surface area contributed by atoms with Crippen LogP contribution in [0.4, 0.5) is 11.8 Å². The Bertz CT molecular complexity index is 1520. The van der Waals surface area contributed by atoms with Crippen LogP contribution in [0.2, 0.25) is 0 Å². The first-order valence-electron chi connectivity index (χ1n) is 10.2. The molecule has 12 heteroatoms. The molecular formula is C21H21N11O. The molecule has 33 heavy (non-hydrogen) atoms. The summed E-state index contributed by atoms with van der Waals surface area (Å²) in [5.41, 5.74) is 16.5. The van der Waals surface area contributed by atoms with Gasteiger partial charge in [0.15, 0.2) is 11.6 Å². The third-order valence-electron chi connectivity index (χ3n) is 5.64. The normalized spacial score (nSPS) is 14.7. The molecule has 4 heterocycles. The first kappa shape index (κ1) is 20.3. The summed E-state index contributed by atoms with van der Waals surface area (Å²) >= 11 is 0. The van der Waals surface area contributed by atoms with E-state index in [9.17, 15) is 5.26 Å². The van der Waals surface area contributed by atoms with Crippen LogP contribution in [0.25, 0.3) is 16.9 Å². The zero-order chi connectivity index (χ0) is 23.4. The summed E-state index contributed by atoms with van der Waals surface area (Å²) in [4.78, 5) is 4.18. The Morgan fingerprint density at radius 1 is 1.24 bits per heavy atom. The maximum absolute atomic E-state index is 9.79. The van der Waals surface area contributed by atoms with E-state index in [0.717, 1.165) is 11.1 Å². The van der Waals surface area contributed by atoms with Gasteiger partial charge in [-0.2, -0.15) is 15.3 Å². The number of aryl methyl sites for hydroxylation is 2. The van der Waals surface area contributed by atoms with E-state index in [-0.39, 0.29) is 23.9 Å². The molecule has 5 N–H and O–H groups in total. The molecule has 12 nitrogen and oxygen atoms in total. The van der Waals surface area contributed by atoms with Crippen LogP contribution in [-0.4, -0.2) is 34.3 Å². The minimum atomic E-state index is -0.452. The Kier molecular flexibility index (Phi) is 4.42. The fourth-order valence-corrected chi connectivity index (χ4v) is 4.11. The van der Waals surface area contributed by atoms with Gasteiger partial charge in [0.25, 0.3) is 0 Å². The Balaban J connectivity index is 1.89. The molecule has 4 aromatic rings. The predicted octanol–water partition coefficient (Wildman–Crippen LogP) is 1.19. The van der Waals surface area contributed by atoms with Crippen molar-refractivity contribution in [2.75, 3.05) is 11.5 Å². The Morgan fingerprint density at radius 2 is 2.03 bits per heavy atom. The standard InChI is InChI=1S/C21H21N11O/c1-10-4-5-15-12(6-10)11(2)33-17-7-13(27-28-19(17)23)18-14(29-30(3)16(18)8-22)9-31-20(24)26-21(25)32(15)31/h4-7,11H,9H2,1-3H3,(H2,23,28)(H3,24,25,26)/t11-/m1/s1. The smallest absolute Gasteiger partial charge is 0.241 e. The molecule has 1 atom stereocenters. The van der Waals surface area contributed by atoms with Crippen LogP contribution in [0.5, 0.6) is 5.75 Å². The minimum Gasteiger partial charge on any atom is -0.482 e. The van der Waals surface area contributed by atoms with Crippen molar-refractivity contribution in [2.24, 2.45) is 7.05 Å². The highest BCUT2D eigenvalue weighted by Crippen LogP contribution is 2.35. The van der Waals surface area contributed by atoms with Gasteiger partial charge < -0.3 is 16.2 Å². The van der Waals surface area contributed by atoms with Gasteiger partial charge in [-0.25, -0.2) is 9.36 Å². The van der Waals surface area contributed by atoms with Crippen molar-refractivity contribution in [2.45, 2.75) is 26.5 Å². The highest BCUT2D eigenvalue weighted by molar-refractivity contribution is 5.70. The third-order valence-corrected chi connectivity index (χ3v) is 5.64. The van der Waals surface area contributed by atoms with E-state index < -0.39 is 6.10 Å². The number of ether oxygens (including phenoxy) is 1. The van der Waals surface area contributed by atoms with Crippen molar-refractivity contribution < 1.29 is 4.74 Å². The first-order chi connectivity index (χ1) is 15.8. The van der Waals surface area contributed by atoms with Gasteiger partial charge in [-0.15, -0.1) is 10.2 Å². The lowest BCUT2D eigenvalue weighted by Gasteiger charge is -2.22. The highest BCUT2D eigenvalue weighted by Gasteiger charge is 2.26. The summed E-state index contributed by atoms with van der Waals surface area (Å²) in [5.74, 6) is 0.614. The number of fused-ring (bicyclic) bond motifs is 7. The Morgan fingerprint density at radius 3 is 2.79 bits per heavy atom. The van der Waals surface area contributed by atoms with Gasteiger partial charge in [-0.3, -0.25) is 10.1 Å². The Labute approximate surface area is 188 Å². The zero-order valence-electron chi connectivity index (χ0n) is 18.2. The van der Waals surface area contributed by atoms with Gasteiger partial charge in [-0.1, -0.05) is 17.7 Å². The van der Waals surface area contributed by atoms with Gasteiger partial charge in [0, 0.05) is 18.7 Å². The molecule has 0 amide bonds. The summed E-state index contributed by atoms with van der Waals surface area (Å²) in [6, 6.07) is 9.68. The molecule has 0 unspecified atom stereocenters. The average Bonchev–Trinajstić information content (AvgIpc) is 3.23. The summed E-state index contributed by atoms with van der Waals surface area (Å²) in [6.45, 7) is 3.99. The highest BCUT2D eigenvalue weighted by atomic mass is 16.5. The third kappa shape index (κ3) is 3.09. The van der Waals surface area contributed by atoms with Gasteiger partial charge in [0.1, 0.15) is 23.6 Å². The molecule has 3 aromatic heterocycles. The number of nitrogens with one attached hydrogen (secondary N) is 1. The largest absolute Gasteiger partial charge is 0.482 e. The van der Waals surface area contributed by atoms with Gasteiger partial charge in [0.05, 0.1) is 23.5 Å². The molecule has 0 saturated heterocycles. The van der Waals surface area contributed by atoms with E-state index in [1.165, 1.54) is 4.68 Å². The van der Waals surface area contributed by atoms with Crippen molar-refractivity contribution in [3.63, 3.8) is 0 Å².